The van der Waals surface area contributed by atoms with E-state index in [0.717, 1.165) is 16.1 Å². The van der Waals surface area contributed by atoms with Crippen LogP contribution < -0.4 is 5.32 Å². The number of thiazole rings is 1. The second-order valence-corrected chi connectivity index (χ2v) is 10.5. The van der Waals surface area contributed by atoms with E-state index in [1.54, 1.807) is 12.1 Å². The molecule has 0 spiro atoms. The van der Waals surface area contributed by atoms with Crippen molar-refractivity contribution in [3.8, 4) is 16.5 Å². The summed E-state index contributed by atoms with van der Waals surface area (Å²) in [5, 5.41) is 12.7. The lowest BCUT2D eigenvalue weighted by Gasteiger charge is -2.30. The number of anilines is 1. The fourth-order valence-electron chi connectivity index (χ4n) is 3.80. The number of carbonyl (C=O) groups is 1. The lowest BCUT2D eigenvalue weighted by atomic mass is 9.97. The lowest BCUT2D eigenvalue weighted by molar-refractivity contribution is -0.120. The van der Waals surface area contributed by atoms with E-state index >= 15 is 0 Å². The normalized spacial score (nSPS) is 15.2. The van der Waals surface area contributed by atoms with E-state index in [0.29, 0.717) is 18.0 Å². The predicted octanol–water partition coefficient (Wildman–Crippen LogP) is 4.03. The van der Waals surface area contributed by atoms with E-state index in [4.69, 9.17) is 0 Å². The highest BCUT2D eigenvalue weighted by molar-refractivity contribution is 7.89. The summed E-state index contributed by atoms with van der Waals surface area (Å²) in [6.07, 6.45) is 0.825. The molecule has 1 aliphatic rings. The van der Waals surface area contributed by atoms with Crippen molar-refractivity contribution in [2.24, 2.45) is 5.92 Å². The molecule has 1 aromatic heterocycles. The number of carbonyl (C=O) groups excluding carboxylic acids is 1. The summed E-state index contributed by atoms with van der Waals surface area (Å²) in [5.41, 5.74) is 2.04. The van der Waals surface area contributed by atoms with Crippen LogP contribution in [0.25, 0.3) is 10.4 Å². The van der Waals surface area contributed by atoms with E-state index in [1.807, 2.05) is 43.3 Å². The Morgan fingerprint density at radius 2 is 1.78 bits per heavy atom. The number of nitrogens with one attached hydrogen (secondary N) is 1. The number of benzene rings is 2. The molecule has 0 atom stereocenters. The van der Waals surface area contributed by atoms with Gasteiger partial charge in [0.05, 0.1) is 21.0 Å². The Morgan fingerprint density at radius 3 is 2.47 bits per heavy atom. The minimum Gasteiger partial charge on any atom is -0.302 e. The summed E-state index contributed by atoms with van der Waals surface area (Å²) >= 11 is 1.43. The molecule has 0 bridgehead atoms. The second kappa shape index (κ2) is 9.20. The Balaban J connectivity index is 1.41. The molecule has 0 radical (unpaired) electrons. The fourth-order valence-corrected chi connectivity index (χ4v) is 6.38. The van der Waals surface area contributed by atoms with Crippen LogP contribution in [0.5, 0.6) is 0 Å². The van der Waals surface area contributed by atoms with Gasteiger partial charge in [-0.2, -0.15) is 9.57 Å². The first-order valence-corrected chi connectivity index (χ1v) is 12.5. The molecule has 4 rings (SSSR count). The predicted molar refractivity (Wildman–Crippen MR) is 124 cm³/mol. The highest BCUT2D eigenvalue weighted by atomic mass is 32.2. The fraction of sp³-hybridized carbons (Fsp3) is 0.261. The highest BCUT2D eigenvalue weighted by Crippen LogP contribution is 2.33. The summed E-state index contributed by atoms with van der Waals surface area (Å²) in [4.78, 5) is 18.3. The van der Waals surface area contributed by atoms with Crippen molar-refractivity contribution < 1.29 is 13.2 Å². The number of piperidine rings is 1. The van der Waals surface area contributed by atoms with Crippen molar-refractivity contribution in [2.45, 2.75) is 24.7 Å². The van der Waals surface area contributed by atoms with Crippen LogP contribution in [-0.4, -0.2) is 36.7 Å². The minimum atomic E-state index is -3.78. The van der Waals surface area contributed by atoms with Gasteiger partial charge in [-0.3, -0.25) is 4.79 Å². The molecule has 9 heteroatoms. The smallest absolute Gasteiger partial charge is 0.244 e. The van der Waals surface area contributed by atoms with Gasteiger partial charge in [0.1, 0.15) is 6.07 Å². The molecule has 32 heavy (non-hydrogen) atoms. The van der Waals surface area contributed by atoms with E-state index in [9.17, 15) is 18.5 Å². The van der Waals surface area contributed by atoms with Crippen molar-refractivity contribution in [2.75, 3.05) is 18.4 Å². The number of aromatic nitrogens is 1. The maximum absolute atomic E-state index is 13.0. The molecule has 1 amide bonds. The molecule has 0 unspecified atom stereocenters. The maximum Gasteiger partial charge on any atom is 0.244 e. The molecule has 164 valence electrons. The van der Waals surface area contributed by atoms with Crippen molar-refractivity contribution in [3.63, 3.8) is 0 Å². The number of rotatable bonds is 5. The third-order valence-electron chi connectivity index (χ3n) is 5.51. The van der Waals surface area contributed by atoms with Gasteiger partial charge in [0.2, 0.25) is 15.9 Å². The SMILES string of the molecule is Cc1nc(NC(=O)C2CCN(S(=O)(=O)c3ccccc3C#N)CC2)sc1-c1ccccc1. The number of hydrogen-bond acceptors (Lipinski definition) is 6. The van der Waals surface area contributed by atoms with Gasteiger partial charge in [-0.25, -0.2) is 13.4 Å². The molecule has 2 aromatic carbocycles. The quantitative estimate of drug-likeness (QED) is 0.611. The third kappa shape index (κ3) is 4.43. The zero-order chi connectivity index (χ0) is 22.7. The monoisotopic (exact) mass is 466 g/mol. The first-order chi connectivity index (χ1) is 15.4. The zero-order valence-electron chi connectivity index (χ0n) is 17.5. The van der Waals surface area contributed by atoms with E-state index in [2.05, 4.69) is 10.3 Å². The average Bonchev–Trinajstić information content (AvgIpc) is 3.19. The number of nitriles is 1. The van der Waals surface area contributed by atoms with Crippen LogP contribution in [0, 0.1) is 24.2 Å². The minimum absolute atomic E-state index is 0.0112. The van der Waals surface area contributed by atoms with E-state index < -0.39 is 10.0 Å². The highest BCUT2D eigenvalue weighted by Gasteiger charge is 2.33. The molecule has 2 heterocycles. The largest absolute Gasteiger partial charge is 0.302 e. The number of hydrogen-bond donors (Lipinski definition) is 1. The van der Waals surface area contributed by atoms with Crippen molar-refractivity contribution in [1.29, 1.82) is 5.26 Å². The molecule has 0 aliphatic carbocycles. The first kappa shape index (κ1) is 22.1. The molecule has 1 saturated heterocycles. The van der Waals surface area contributed by atoms with Gasteiger partial charge < -0.3 is 5.32 Å². The number of aryl methyl sites for hydroxylation is 1. The van der Waals surface area contributed by atoms with Crippen LogP contribution in [-0.2, 0) is 14.8 Å². The standard InChI is InChI=1S/C23H22N4O3S2/c1-16-21(17-7-3-2-4-8-17)31-23(25-16)26-22(28)18-11-13-27(14-12-18)32(29,30)20-10-6-5-9-19(20)15-24/h2-10,18H,11-14H2,1H3,(H,25,26,28). The topological polar surface area (TPSA) is 103 Å². The first-order valence-electron chi connectivity index (χ1n) is 10.2. The molecule has 0 saturated carbocycles. The Bertz CT molecular complexity index is 1270. The second-order valence-electron chi connectivity index (χ2n) is 7.58. The lowest BCUT2D eigenvalue weighted by Crippen LogP contribution is -2.41. The summed E-state index contributed by atoms with van der Waals surface area (Å²) in [6, 6.07) is 18.0. The third-order valence-corrected chi connectivity index (χ3v) is 8.59. The summed E-state index contributed by atoms with van der Waals surface area (Å²) in [7, 11) is -3.78. The van der Waals surface area contributed by atoms with Gasteiger partial charge in [0.15, 0.2) is 5.13 Å². The molecular formula is C23H22N4O3S2. The summed E-state index contributed by atoms with van der Waals surface area (Å²) in [6.45, 7) is 2.37. The van der Waals surface area contributed by atoms with Gasteiger partial charge in [0, 0.05) is 19.0 Å². The van der Waals surface area contributed by atoms with E-state index in [1.165, 1.54) is 27.8 Å². The molecule has 3 aromatic rings. The van der Waals surface area contributed by atoms with Gasteiger partial charge in [-0.15, -0.1) is 0 Å². The number of sulfonamides is 1. The van der Waals surface area contributed by atoms with Crippen LogP contribution in [0.1, 0.15) is 24.1 Å². The van der Waals surface area contributed by atoms with Crippen LogP contribution in [0.3, 0.4) is 0 Å². The maximum atomic E-state index is 13.0. The molecule has 1 aliphatic heterocycles. The number of amides is 1. The molecule has 1 N–H and O–H groups in total. The zero-order valence-corrected chi connectivity index (χ0v) is 19.1. The van der Waals surface area contributed by atoms with Crippen molar-refractivity contribution in [3.05, 3.63) is 65.9 Å². The van der Waals surface area contributed by atoms with Crippen LogP contribution in [0.2, 0.25) is 0 Å². The average molecular weight is 467 g/mol. The van der Waals surface area contributed by atoms with Crippen molar-refractivity contribution in [1.82, 2.24) is 9.29 Å². The Morgan fingerprint density at radius 1 is 1.12 bits per heavy atom. The van der Waals surface area contributed by atoms with Crippen molar-refractivity contribution >= 4 is 32.4 Å². The van der Waals surface area contributed by atoms with Crippen LogP contribution >= 0.6 is 11.3 Å². The van der Waals surface area contributed by atoms with Gasteiger partial charge >= 0.3 is 0 Å². The van der Waals surface area contributed by atoms with Gasteiger partial charge in [-0.05, 0) is 37.5 Å². The van der Waals surface area contributed by atoms with Crippen LogP contribution in [0.4, 0.5) is 5.13 Å². The van der Waals surface area contributed by atoms with Crippen LogP contribution in [0.15, 0.2) is 59.5 Å². The Kier molecular flexibility index (Phi) is 6.37. The summed E-state index contributed by atoms with van der Waals surface area (Å²) < 4.78 is 27.3. The molecule has 1 fully saturated rings. The van der Waals surface area contributed by atoms with Gasteiger partial charge in [0.25, 0.3) is 0 Å². The number of nitrogens with zero attached hydrogens (tertiary/aromatic N) is 3. The Labute approximate surface area is 191 Å². The molecular weight excluding hydrogens is 444 g/mol. The Hall–Kier alpha value is -3.06. The van der Waals surface area contributed by atoms with E-state index in [-0.39, 0.29) is 35.4 Å². The summed E-state index contributed by atoms with van der Waals surface area (Å²) in [5.74, 6) is -0.440. The molecule has 7 nitrogen and oxygen atoms in total. The van der Waals surface area contributed by atoms with Gasteiger partial charge in [-0.1, -0.05) is 53.8 Å².